The molecule has 0 saturated carbocycles. The van der Waals surface area contributed by atoms with E-state index < -0.39 is 0 Å². The second kappa shape index (κ2) is 5.12. The van der Waals surface area contributed by atoms with E-state index in [1.54, 1.807) is 18.3 Å². The van der Waals surface area contributed by atoms with E-state index >= 15 is 0 Å². The van der Waals surface area contributed by atoms with Crippen LogP contribution in [0.2, 0.25) is 0 Å². The van der Waals surface area contributed by atoms with E-state index in [1.165, 1.54) is 6.07 Å². The van der Waals surface area contributed by atoms with Gasteiger partial charge in [-0.2, -0.15) is 0 Å². The summed E-state index contributed by atoms with van der Waals surface area (Å²) < 4.78 is 0.764. The predicted molar refractivity (Wildman–Crippen MR) is 68.3 cm³/mol. The van der Waals surface area contributed by atoms with E-state index in [0.717, 1.165) is 10.0 Å². The van der Waals surface area contributed by atoms with Gasteiger partial charge in [0.05, 0.1) is 10.5 Å². The lowest BCUT2D eigenvalue weighted by molar-refractivity contribution is -0.385. The van der Waals surface area contributed by atoms with Crippen LogP contribution in [0.25, 0.3) is 6.08 Å². The van der Waals surface area contributed by atoms with Gasteiger partial charge >= 0.3 is 0 Å². The Hall–Kier alpha value is -1.36. The van der Waals surface area contributed by atoms with Gasteiger partial charge < -0.3 is 4.90 Å². The van der Waals surface area contributed by atoms with E-state index in [-0.39, 0.29) is 10.6 Å². The molecule has 1 aromatic carbocycles. The second-order valence-corrected chi connectivity index (χ2v) is 4.46. The van der Waals surface area contributed by atoms with Crippen LogP contribution in [-0.4, -0.2) is 23.9 Å². The van der Waals surface area contributed by atoms with Crippen molar-refractivity contribution in [3.8, 4) is 0 Å². The number of hydrogen-bond acceptors (Lipinski definition) is 3. The number of nitrogens with zero attached hydrogens (tertiary/aromatic N) is 2. The van der Waals surface area contributed by atoms with E-state index in [9.17, 15) is 10.1 Å². The highest BCUT2D eigenvalue weighted by Crippen LogP contribution is 2.30. The Morgan fingerprint density at radius 3 is 2.56 bits per heavy atom. The van der Waals surface area contributed by atoms with Crippen LogP contribution in [-0.2, 0) is 0 Å². The Morgan fingerprint density at radius 2 is 2.06 bits per heavy atom. The smallest absolute Gasteiger partial charge is 0.277 e. The zero-order chi connectivity index (χ0) is 12.3. The molecule has 1 aromatic rings. The minimum Gasteiger partial charge on any atom is -0.383 e. The summed E-state index contributed by atoms with van der Waals surface area (Å²) in [6, 6.07) is 3.25. The van der Waals surface area contributed by atoms with Gasteiger partial charge in [0.25, 0.3) is 5.69 Å². The van der Waals surface area contributed by atoms with E-state index in [4.69, 9.17) is 0 Å². The summed E-state index contributed by atoms with van der Waals surface area (Å²) in [7, 11) is 3.73. The van der Waals surface area contributed by atoms with Crippen molar-refractivity contribution in [2.24, 2.45) is 0 Å². The third-order valence-electron chi connectivity index (χ3n) is 2.09. The first-order chi connectivity index (χ1) is 7.43. The number of aryl methyl sites for hydroxylation is 1. The molecule has 0 fully saturated rings. The molecule has 0 N–H and O–H groups in total. The molecular weight excluding hydrogens is 272 g/mol. The average Bonchev–Trinajstić information content (AvgIpc) is 2.19. The van der Waals surface area contributed by atoms with Crippen molar-refractivity contribution >= 4 is 27.7 Å². The lowest BCUT2D eigenvalue weighted by Gasteiger charge is -2.06. The van der Waals surface area contributed by atoms with Crippen LogP contribution in [0.5, 0.6) is 0 Å². The first-order valence-corrected chi connectivity index (χ1v) is 5.51. The fraction of sp³-hybridized carbons (Fsp3) is 0.273. The summed E-state index contributed by atoms with van der Waals surface area (Å²) in [6.45, 7) is 1.90. The number of halogens is 1. The van der Waals surface area contributed by atoms with E-state index in [0.29, 0.717) is 5.56 Å². The molecule has 5 heteroatoms. The molecular formula is C11H13BrN2O2. The summed E-state index contributed by atoms with van der Waals surface area (Å²) in [6.07, 6.45) is 3.52. The maximum absolute atomic E-state index is 10.9. The Bertz CT molecular complexity index is 442. The third kappa shape index (κ3) is 2.82. The molecule has 0 heterocycles. The Kier molecular flexibility index (Phi) is 4.06. The standard InChI is InChI=1S/C11H13BrN2O2/c1-8-4-5-10(14(15)16)9(11(8)12)6-7-13(2)3/h4-7H,1-3H3/b7-6+. The van der Waals surface area contributed by atoms with E-state index in [1.807, 2.05) is 25.9 Å². The lowest BCUT2D eigenvalue weighted by atomic mass is 10.1. The Labute approximate surface area is 103 Å². The molecule has 1 rings (SSSR count). The molecule has 0 aliphatic rings. The number of nitro benzene ring substituents is 1. The van der Waals surface area contributed by atoms with E-state index in [2.05, 4.69) is 15.9 Å². The maximum Gasteiger partial charge on any atom is 0.277 e. The van der Waals surface area contributed by atoms with Gasteiger partial charge in [0, 0.05) is 24.6 Å². The van der Waals surface area contributed by atoms with Crippen LogP contribution in [0, 0.1) is 17.0 Å². The minimum atomic E-state index is -0.375. The lowest BCUT2D eigenvalue weighted by Crippen LogP contribution is -2.00. The summed E-state index contributed by atoms with van der Waals surface area (Å²) in [4.78, 5) is 12.3. The Morgan fingerprint density at radius 1 is 1.44 bits per heavy atom. The highest BCUT2D eigenvalue weighted by molar-refractivity contribution is 9.10. The summed E-state index contributed by atoms with van der Waals surface area (Å²) >= 11 is 3.38. The van der Waals surface area contributed by atoms with Crippen LogP contribution in [0.3, 0.4) is 0 Å². The molecule has 0 aromatic heterocycles. The van der Waals surface area contributed by atoms with Gasteiger partial charge in [-0.1, -0.05) is 6.07 Å². The molecule has 0 aliphatic heterocycles. The minimum absolute atomic E-state index is 0.107. The molecule has 0 aliphatic carbocycles. The molecule has 0 saturated heterocycles. The second-order valence-electron chi connectivity index (χ2n) is 3.67. The molecule has 0 amide bonds. The monoisotopic (exact) mass is 284 g/mol. The van der Waals surface area contributed by atoms with Crippen molar-refractivity contribution in [1.82, 2.24) is 4.90 Å². The predicted octanol–water partition coefficient (Wildman–Crippen LogP) is 3.20. The average molecular weight is 285 g/mol. The molecule has 0 bridgehead atoms. The SMILES string of the molecule is Cc1ccc([N+](=O)[O-])c(/C=C/N(C)C)c1Br. The van der Waals surface area contributed by atoms with Gasteiger partial charge in [-0.05, 0) is 40.7 Å². The molecule has 0 spiro atoms. The first-order valence-electron chi connectivity index (χ1n) is 4.71. The topological polar surface area (TPSA) is 46.4 Å². The van der Waals surface area contributed by atoms with Crippen LogP contribution in [0.15, 0.2) is 22.8 Å². The fourth-order valence-electron chi connectivity index (χ4n) is 1.23. The number of rotatable bonds is 3. The molecule has 0 radical (unpaired) electrons. The number of benzene rings is 1. The normalized spacial score (nSPS) is 10.8. The maximum atomic E-state index is 10.9. The summed E-state index contributed by atoms with van der Waals surface area (Å²) in [5.74, 6) is 0. The molecule has 86 valence electrons. The number of nitro groups is 1. The van der Waals surface area contributed by atoms with Gasteiger partial charge in [0.15, 0.2) is 0 Å². The molecule has 4 nitrogen and oxygen atoms in total. The van der Waals surface area contributed by atoms with Crippen LogP contribution < -0.4 is 0 Å². The van der Waals surface area contributed by atoms with Crippen LogP contribution >= 0.6 is 15.9 Å². The van der Waals surface area contributed by atoms with Gasteiger partial charge in [-0.15, -0.1) is 0 Å². The third-order valence-corrected chi connectivity index (χ3v) is 3.14. The first kappa shape index (κ1) is 12.7. The number of hydrogen-bond donors (Lipinski definition) is 0. The van der Waals surface area contributed by atoms with Crippen molar-refractivity contribution in [3.63, 3.8) is 0 Å². The molecule has 16 heavy (non-hydrogen) atoms. The largest absolute Gasteiger partial charge is 0.383 e. The van der Waals surface area contributed by atoms with Crippen molar-refractivity contribution in [1.29, 1.82) is 0 Å². The summed E-state index contributed by atoms with van der Waals surface area (Å²) in [5, 5.41) is 10.9. The van der Waals surface area contributed by atoms with Crippen molar-refractivity contribution in [3.05, 3.63) is 44.0 Å². The Balaban J connectivity index is 3.32. The highest BCUT2D eigenvalue weighted by Gasteiger charge is 2.15. The zero-order valence-corrected chi connectivity index (χ0v) is 11.0. The van der Waals surface area contributed by atoms with Gasteiger partial charge in [0.1, 0.15) is 0 Å². The molecule has 0 atom stereocenters. The van der Waals surface area contributed by atoms with Gasteiger partial charge in [0.2, 0.25) is 0 Å². The van der Waals surface area contributed by atoms with Crippen molar-refractivity contribution in [2.45, 2.75) is 6.92 Å². The van der Waals surface area contributed by atoms with Crippen molar-refractivity contribution in [2.75, 3.05) is 14.1 Å². The van der Waals surface area contributed by atoms with Gasteiger partial charge in [-0.3, -0.25) is 10.1 Å². The quantitative estimate of drug-likeness (QED) is 0.633. The molecule has 0 unspecified atom stereocenters. The van der Waals surface area contributed by atoms with Gasteiger partial charge in [-0.25, -0.2) is 0 Å². The zero-order valence-electron chi connectivity index (χ0n) is 9.40. The summed E-state index contributed by atoms with van der Waals surface area (Å²) in [5.41, 5.74) is 1.68. The van der Waals surface area contributed by atoms with Crippen LogP contribution in [0.4, 0.5) is 5.69 Å². The fourth-order valence-corrected chi connectivity index (χ4v) is 1.70. The highest BCUT2D eigenvalue weighted by atomic mass is 79.9. The van der Waals surface area contributed by atoms with Crippen LogP contribution in [0.1, 0.15) is 11.1 Å². The van der Waals surface area contributed by atoms with Crippen molar-refractivity contribution < 1.29 is 4.92 Å².